The lowest BCUT2D eigenvalue weighted by molar-refractivity contribution is -0.134. The van der Waals surface area contributed by atoms with Crippen LogP contribution in [0.5, 0.6) is 5.75 Å². The van der Waals surface area contributed by atoms with Crippen molar-refractivity contribution < 1.29 is 18.7 Å². The number of hydrogen-bond donors (Lipinski definition) is 0. The number of hydrogen-bond acceptors (Lipinski definition) is 5. The number of carbonyl (C=O) groups excluding carboxylic acids is 2. The molecule has 2 aromatic carbocycles. The third-order valence-corrected chi connectivity index (χ3v) is 7.96. The lowest BCUT2D eigenvalue weighted by Crippen LogP contribution is -2.46. The zero-order valence-corrected chi connectivity index (χ0v) is 22.4. The van der Waals surface area contributed by atoms with E-state index in [0.717, 1.165) is 17.5 Å². The molecule has 0 fully saturated rings. The van der Waals surface area contributed by atoms with Gasteiger partial charge in [0.1, 0.15) is 18.1 Å². The van der Waals surface area contributed by atoms with Gasteiger partial charge in [0.2, 0.25) is 5.91 Å². The number of amides is 2. The number of thiophene rings is 1. The molecule has 9 heteroatoms. The molecule has 0 aliphatic carbocycles. The Morgan fingerprint density at radius 2 is 1.97 bits per heavy atom. The number of halogens is 2. The number of nitrogens with zero attached hydrogens (tertiary/aromatic N) is 2. The highest BCUT2D eigenvalue weighted by molar-refractivity contribution is 7.10. The minimum atomic E-state index is -0.371. The Morgan fingerprint density at radius 3 is 2.73 bits per heavy atom. The van der Waals surface area contributed by atoms with E-state index in [4.69, 9.17) is 32.4 Å². The van der Waals surface area contributed by atoms with Gasteiger partial charge in [-0.1, -0.05) is 35.3 Å². The van der Waals surface area contributed by atoms with Crippen LogP contribution in [0.4, 0.5) is 0 Å². The van der Waals surface area contributed by atoms with Crippen LogP contribution >= 0.6 is 34.5 Å². The Labute approximate surface area is 229 Å². The summed E-state index contributed by atoms with van der Waals surface area (Å²) in [6, 6.07) is 17.4. The second kappa shape index (κ2) is 11.0. The van der Waals surface area contributed by atoms with Crippen molar-refractivity contribution in [3.05, 3.63) is 110 Å². The number of carbonyl (C=O) groups is 2. The van der Waals surface area contributed by atoms with E-state index in [1.807, 2.05) is 17.5 Å². The molecule has 5 rings (SSSR count). The normalized spacial score (nSPS) is 14.8. The molecule has 0 spiro atoms. The summed E-state index contributed by atoms with van der Waals surface area (Å²) in [7, 11) is 1.55. The fraction of sp³-hybridized carbons (Fsp3) is 0.214. The molecule has 6 nitrogen and oxygen atoms in total. The Hall–Kier alpha value is -3.26. The van der Waals surface area contributed by atoms with Gasteiger partial charge >= 0.3 is 0 Å². The van der Waals surface area contributed by atoms with E-state index >= 15 is 0 Å². The molecule has 1 atom stereocenters. The second-order valence-electron chi connectivity index (χ2n) is 8.68. The average molecular weight is 555 g/mol. The molecule has 3 heterocycles. The summed E-state index contributed by atoms with van der Waals surface area (Å²) >= 11 is 14.5. The Morgan fingerprint density at radius 1 is 1.11 bits per heavy atom. The summed E-state index contributed by atoms with van der Waals surface area (Å²) < 4.78 is 10.8. The van der Waals surface area contributed by atoms with E-state index in [1.165, 1.54) is 9.78 Å². The smallest absolute Gasteiger partial charge is 0.254 e. The van der Waals surface area contributed by atoms with Gasteiger partial charge in [0.05, 0.1) is 26.0 Å². The number of rotatable bonds is 7. The summed E-state index contributed by atoms with van der Waals surface area (Å²) in [5.74, 6) is 0.669. The van der Waals surface area contributed by atoms with Crippen LogP contribution in [0.2, 0.25) is 10.0 Å². The summed E-state index contributed by atoms with van der Waals surface area (Å²) in [5.41, 5.74) is 2.27. The first-order valence-electron chi connectivity index (χ1n) is 11.7. The molecule has 0 saturated heterocycles. The quantitative estimate of drug-likeness (QED) is 0.262. The van der Waals surface area contributed by atoms with Crippen molar-refractivity contribution in [2.75, 3.05) is 20.2 Å². The van der Waals surface area contributed by atoms with Crippen LogP contribution in [0.3, 0.4) is 0 Å². The molecule has 37 heavy (non-hydrogen) atoms. The zero-order valence-electron chi connectivity index (χ0n) is 20.0. The van der Waals surface area contributed by atoms with E-state index in [1.54, 1.807) is 78.1 Å². The Balaban J connectivity index is 1.47. The maximum absolute atomic E-state index is 13.9. The van der Waals surface area contributed by atoms with E-state index < -0.39 is 0 Å². The molecule has 4 aromatic rings. The summed E-state index contributed by atoms with van der Waals surface area (Å²) in [6.07, 6.45) is 2.29. The molecule has 0 bridgehead atoms. The lowest BCUT2D eigenvalue weighted by Gasteiger charge is -2.38. The SMILES string of the molecule is COc1cccc(C(=O)N(CC(=O)N2CCc3sccc3C2c2ccc(Cl)cc2Cl)Cc2ccco2)c1. The van der Waals surface area contributed by atoms with Crippen molar-refractivity contribution in [2.24, 2.45) is 0 Å². The van der Waals surface area contributed by atoms with Crippen LogP contribution in [0.1, 0.15) is 38.2 Å². The van der Waals surface area contributed by atoms with Crippen LogP contribution in [-0.4, -0.2) is 41.8 Å². The maximum Gasteiger partial charge on any atom is 0.254 e. The van der Waals surface area contributed by atoms with Crippen molar-refractivity contribution in [3.8, 4) is 5.75 Å². The predicted molar refractivity (Wildman–Crippen MR) is 144 cm³/mol. The number of furan rings is 1. The summed E-state index contributed by atoms with van der Waals surface area (Å²) in [5, 5.41) is 3.06. The van der Waals surface area contributed by atoms with Crippen LogP contribution in [0.25, 0.3) is 0 Å². The molecule has 0 saturated carbocycles. The van der Waals surface area contributed by atoms with Crippen LogP contribution < -0.4 is 4.74 Å². The Kier molecular flexibility index (Phi) is 7.55. The van der Waals surface area contributed by atoms with Crippen molar-refractivity contribution in [1.29, 1.82) is 0 Å². The first-order chi connectivity index (χ1) is 17.9. The molecule has 1 unspecified atom stereocenters. The van der Waals surface area contributed by atoms with Crippen LogP contribution in [0, 0.1) is 0 Å². The van der Waals surface area contributed by atoms with Gasteiger partial charge in [0, 0.05) is 27.0 Å². The molecule has 1 aliphatic rings. The van der Waals surface area contributed by atoms with E-state index in [2.05, 4.69) is 0 Å². The van der Waals surface area contributed by atoms with Crippen molar-refractivity contribution in [3.63, 3.8) is 0 Å². The number of fused-ring (bicyclic) bond motifs is 1. The predicted octanol–water partition coefficient (Wildman–Crippen LogP) is 6.47. The molecule has 1 aliphatic heterocycles. The fourth-order valence-corrected chi connectivity index (χ4v) is 6.04. The molecule has 0 radical (unpaired) electrons. The number of ether oxygens (including phenoxy) is 1. The van der Waals surface area contributed by atoms with Gasteiger partial charge in [-0.3, -0.25) is 9.59 Å². The van der Waals surface area contributed by atoms with Gasteiger partial charge < -0.3 is 19.0 Å². The van der Waals surface area contributed by atoms with Crippen LogP contribution in [0.15, 0.2) is 76.7 Å². The second-order valence-corrected chi connectivity index (χ2v) is 10.5. The van der Waals surface area contributed by atoms with Gasteiger partial charge in [-0.05, 0) is 71.5 Å². The largest absolute Gasteiger partial charge is 0.497 e. The molecule has 190 valence electrons. The topological polar surface area (TPSA) is 63.0 Å². The van der Waals surface area contributed by atoms with Crippen molar-refractivity contribution in [2.45, 2.75) is 19.0 Å². The van der Waals surface area contributed by atoms with E-state index in [0.29, 0.717) is 33.7 Å². The third-order valence-electron chi connectivity index (χ3n) is 6.40. The van der Waals surface area contributed by atoms with Gasteiger partial charge in [-0.2, -0.15) is 0 Å². The monoisotopic (exact) mass is 554 g/mol. The molecular weight excluding hydrogens is 531 g/mol. The molecule has 2 amide bonds. The minimum Gasteiger partial charge on any atom is -0.497 e. The number of methoxy groups -OCH3 is 1. The van der Waals surface area contributed by atoms with Crippen LogP contribution in [-0.2, 0) is 17.8 Å². The van der Waals surface area contributed by atoms with E-state index in [-0.39, 0.29) is 30.9 Å². The summed E-state index contributed by atoms with van der Waals surface area (Å²) in [6.45, 7) is 0.536. The fourth-order valence-electron chi connectivity index (χ4n) is 4.63. The average Bonchev–Trinajstić information content (AvgIpc) is 3.60. The third kappa shape index (κ3) is 5.39. The number of benzene rings is 2. The minimum absolute atomic E-state index is 0.127. The van der Waals surface area contributed by atoms with E-state index in [9.17, 15) is 9.59 Å². The van der Waals surface area contributed by atoms with Gasteiger partial charge in [-0.15, -0.1) is 11.3 Å². The van der Waals surface area contributed by atoms with Gasteiger partial charge in [0.15, 0.2) is 0 Å². The highest BCUT2D eigenvalue weighted by Gasteiger charge is 2.35. The van der Waals surface area contributed by atoms with Gasteiger partial charge in [0.25, 0.3) is 5.91 Å². The first kappa shape index (κ1) is 25.4. The van der Waals surface area contributed by atoms with Gasteiger partial charge in [-0.25, -0.2) is 0 Å². The standard InChI is InChI=1S/C28H24Cl2N2O4S/c1-35-20-5-2-4-18(14-20)28(34)31(16-21-6-3-12-36-21)17-26(33)32-11-9-25-23(10-13-37-25)27(32)22-8-7-19(29)15-24(22)30/h2-8,10,12-15,27H,9,11,16-17H2,1H3. The zero-order chi connectivity index (χ0) is 25.9. The lowest BCUT2D eigenvalue weighted by atomic mass is 9.93. The highest BCUT2D eigenvalue weighted by Crippen LogP contribution is 2.41. The highest BCUT2D eigenvalue weighted by atomic mass is 35.5. The molecule has 0 N–H and O–H groups in total. The first-order valence-corrected chi connectivity index (χ1v) is 13.3. The van der Waals surface area contributed by atoms with Crippen molar-refractivity contribution >= 4 is 46.4 Å². The maximum atomic E-state index is 13.9. The summed E-state index contributed by atoms with van der Waals surface area (Å²) in [4.78, 5) is 32.0. The van der Waals surface area contributed by atoms with Crippen molar-refractivity contribution in [1.82, 2.24) is 9.80 Å². The Bertz CT molecular complexity index is 1420. The molecule has 2 aromatic heterocycles. The molecular formula is C28H24Cl2N2O4S.